The van der Waals surface area contributed by atoms with Gasteiger partial charge in [-0.3, -0.25) is 4.68 Å². The molecule has 4 fully saturated rings. The minimum Gasteiger partial charge on any atom is -0.388 e. The summed E-state index contributed by atoms with van der Waals surface area (Å²) in [5.41, 5.74) is 0.342. The summed E-state index contributed by atoms with van der Waals surface area (Å²) in [5.74, 6) is 4.56. The number of ether oxygens (including phenoxy) is 1. The van der Waals surface area contributed by atoms with E-state index in [9.17, 15) is 5.11 Å². The van der Waals surface area contributed by atoms with Crippen LogP contribution in [0, 0.1) is 57.7 Å². The molecule has 4 saturated carbocycles. The van der Waals surface area contributed by atoms with Crippen molar-refractivity contribution in [3.63, 3.8) is 0 Å². The zero-order chi connectivity index (χ0) is 23.4. The molecule has 5 rings (SSSR count). The van der Waals surface area contributed by atoms with E-state index in [0.717, 1.165) is 42.6 Å². The summed E-state index contributed by atoms with van der Waals surface area (Å²) in [6.45, 7) is 8.33. The van der Waals surface area contributed by atoms with Gasteiger partial charge in [0.2, 0.25) is 0 Å². The summed E-state index contributed by atoms with van der Waals surface area (Å²) in [6, 6.07) is 2.15. The third-order valence-corrected chi connectivity index (χ3v) is 10.8. The van der Waals surface area contributed by atoms with Gasteiger partial charge in [-0.2, -0.15) is 10.4 Å². The largest absolute Gasteiger partial charge is 0.388 e. The van der Waals surface area contributed by atoms with Crippen molar-refractivity contribution in [3.8, 4) is 6.07 Å². The summed E-state index contributed by atoms with van der Waals surface area (Å²) < 4.78 is 7.36. The Labute approximate surface area is 199 Å². The lowest BCUT2D eigenvalue weighted by Gasteiger charge is -2.58. The highest BCUT2D eigenvalue weighted by Gasteiger charge is 2.60. The molecule has 182 valence electrons. The molecule has 0 aliphatic heterocycles. The van der Waals surface area contributed by atoms with Gasteiger partial charge in [0.1, 0.15) is 6.07 Å². The van der Waals surface area contributed by atoms with Crippen LogP contribution >= 0.6 is 0 Å². The summed E-state index contributed by atoms with van der Waals surface area (Å²) >= 11 is 0. The second kappa shape index (κ2) is 8.38. The molecule has 0 spiro atoms. The SMILES string of the molecule is COC[C@@]1(C)CC[C@H]2[C@H](CC[C@@H]3[C@@H]2CC[C@@]2(C)[C@H]3CC[C@@H]2[C@](C)(O)Cn2cc(C#N)cn2)C1. The van der Waals surface area contributed by atoms with Gasteiger partial charge >= 0.3 is 0 Å². The molecule has 33 heavy (non-hydrogen) atoms. The van der Waals surface area contributed by atoms with Crippen molar-refractivity contribution in [3.05, 3.63) is 18.0 Å². The number of hydrogen-bond acceptors (Lipinski definition) is 4. The van der Waals surface area contributed by atoms with Crippen molar-refractivity contribution >= 4 is 0 Å². The minimum atomic E-state index is -0.806. The zero-order valence-corrected chi connectivity index (χ0v) is 21.1. The van der Waals surface area contributed by atoms with E-state index in [1.807, 2.05) is 14.0 Å². The van der Waals surface area contributed by atoms with Crippen LogP contribution in [0.15, 0.2) is 12.4 Å². The lowest BCUT2D eigenvalue weighted by molar-refractivity contribution is -0.121. The molecular weight excluding hydrogens is 410 g/mol. The van der Waals surface area contributed by atoms with Crippen LogP contribution in [-0.2, 0) is 11.3 Å². The van der Waals surface area contributed by atoms with Crippen LogP contribution in [0.5, 0.6) is 0 Å². The topological polar surface area (TPSA) is 71.1 Å². The van der Waals surface area contributed by atoms with Gasteiger partial charge in [-0.15, -0.1) is 0 Å². The van der Waals surface area contributed by atoms with Gasteiger partial charge in [0.15, 0.2) is 0 Å². The maximum absolute atomic E-state index is 11.7. The maximum Gasteiger partial charge on any atom is 0.102 e. The van der Waals surface area contributed by atoms with Crippen molar-refractivity contribution in [1.82, 2.24) is 9.78 Å². The Morgan fingerprint density at radius 3 is 2.67 bits per heavy atom. The van der Waals surface area contributed by atoms with Gasteiger partial charge in [-0.05, 0) is 111 Å². The number of aliphatic hydroxyl groups is 1. The fraction of sp³-hybridized carbons (Fsp3) is 0.857. The van der Waals surface area contributed by atoms with Gasteiger partial charge in [0, 0.05) is 13.3 Å². The van der Waals surface area contributed by atoms with Crippen molar-refractivity contribution in [2.45, 2.75) is 90.7 Å². The average molecular weight is 454 g/mol. The van der Waals surface area contributed by atoms with Crippen LogP contribution in [0.1, 0.15) is 84.1 Å². The van der Waals surface area contributed by atoms with E-state index in [1.54, 1.807) is 17.1 Å². The van der Waals surface area contributed by atoms with Gasteiger partial charge in [-0.1, -0.05) is 13.8 Å². The molecule has 1 aromatic rings. The van der Waals surface area contributed by atoms with E-state index in [0.29, 0.717) is 23.4 Å². The third kappa shape index (κ3) is 3.96. The Morgan fingerprint density at radius 1 is 1.15 bits per heavy atom. The Hall–Kier alpha value is -1.38. The monoisotopic (exact) mass is 453 g/mol. The molecule has 1 N–H and O–H groups in total. The number of nitrogens with zero attached hydrogens (tertiary/aromatic N) is 3. The molecular formula is C28H43N3O2. The van der Waals surface area contributed by atoms with Crippen molar-refractivity contribution in [2.24, 2.45) is 46.3 Å². The first-order valence-electron chi connectivity index (χ1n) is 13.3. The lowest BCUT2D eigenvalue weighted by atomic mass is 9.47. The number of hydrogen-bond donors (Lipinski definition) is 1. The predicted octanol–water partition coefficient (Wildman–Crippen LogP) is 5.43. The molecule has 0 saturated heterocycles. The first-order valence-corrected chi connectivity index (χ1v) is 13.3. The molecule has 9 atom stereocenters. The van der Waals surface area contributed by atoms with Crippen LogP contribution in [-0.4, -0.2) is 34.2 Å². The van der Waals surface area contributed by atoms with Crippen LogP contribution in [0.4, 0.5) is 0 Å². The molecule has 0 bridgehead atoms. The normalized spacial score (nSPS) is 44.2. The number of aromatic nitrogens is 2. The molecule has 0 amide bonds. The van der Waals surface area contributed by atoms with E-state index in [1.165, 1.54) is 51.4 Å². The number of methoxy groups -OCH3 is 1. The fourth-order valence-corrected chi connectivity index (χ4v) is 9.63. The van der Waals surface area contributed by atoms with E-state index in [2.05, 4.69) is 25.0 Å². The molecule has 4 aliphatic carbocycles. The Kier molecular flexibility index (Phi) is 5.93. The highest BCUT2D eigenvalue weighted by molar-refractivity contribution is 5.21. The van der Waals surface area contributed by atoms with Crippen LogP contribution in [0.25, 0.3) is 0 Å². The first kappa shape index (κ1) is 23.4. The molecule has 1 aromatic heterocycles. The molecule has 5 nitrogen and oxygen atoms in total. The molecule has 4 aliphatic rings. The standard InChI is InChI=1S/C28H43N3O2/c1-26(18-33-4)11-9-21-20(13-26)5-6-23-22(21)10-12-27(2)24(23)7-8-25(27)28(3,32)17-31-16-19(14-29)15-30-31/h15-16,20-25,32H,5-13,17-18H2,1-4H3/t20-,21+,22-,23-,24+,25+,26+,27+,28-/m1/s1. The Balaban J connectivity index is 1.31. The van der Waals surface area contributed by atoms with E-state index >= 15 is 0 Å². The number of rotatable bonds is 5. The van der Waals surface area contributed by atoms with Crippen LogP contribution in [0.2, 0.25) is 0 Å². The van der Waals surface area contributed by atoms with E-state index in [-0.39, 0.29) is 5.41 Å². The summed E-state index contributed by atoms with van der Waals surface area (Å²) in [6.07, 6.45) is 15.2. The second-order valence-corrected chi connectivity index (χ2v) is 13.0. The fourth-order valence-electron chi connectivity index (χ4n) is 9.63. The predicted molar refractivity (Wildman–Crippen MR) is 128 cm³/mol. The Morgan fingerprint density at radius 2 is 1.94 bits per heavy atom. The van der Waals surface area contributed by atoms with Crippen molar-refractivity contribution in [1.29, 1.82) is 5.26 Å². The van der Waals surface area contributed by atoms with E-state index in [4.69, 9.17) is 10.00 Å². The Bertz CT molecular complexity index is 903. The summed E-state index contributed by atoms with van der Waals surface area (Å²) in [5, 5.41) is 25.2. The molecule has 5 heteroatoms. The molecule has 0 radical (unpaired) electrons. The quantitative estimate of drug-likeness (QED) is 0.645. The number of nitriles is 1. The highest BCUT2D eigenvalue weighted by atomic mass is 16.5. The van der Waals surface area contributed by atoms with Gasteiger partial charge in [-0.25, -0.2) is 0 Å². The van der Waals surface area contributed by atoms with Crippen molar-refractivity contribution in [2.75, 3.05) is 13.7 Å². The molecule has 0 aromatic carbocycles. The highest BCUT2D eigenvalue weighted by Crippen LogP contribution is 2.66. The zero-order valence-electron chi connectivity index (χ0n) is 21.1. The summed E-state index contributed by atoms with van der Waals surface area (Å²) in [4.78, 5) is 0. The van der Waals surface area contributed by atoms with E-state index < -0.39 is 5.60 Å². The lowest BCUT2D eigenvalue weighted by Crippen LogP contribution is -2.53. The average Bonchev–Trinajstić information content (AvgIpc) is 3.36. The van der Waals surface area contributed by atoms with Crippen LogP contribution < -0.4 is 0 Å². The van der Waals surface area contributed by atoms with Gasteiger partial charge in [0.05, 0.1) is 30.5 Å². The van der Waals surface area contributed by atoms with Crippen molar-refractivity contribution < 1.29 is 9.84 Å². The smallest absolute Gasteiger partial charge is 0.102 e. The first-order chi connectivity index (χ1) is 15.7. The summed E-state index contributed by atoms with van der Waals surface area (Å²) in [7, 11) is 1.86. The number of fused-ring (bicyclic) bond motifs is 5. The third-order valence-electron chi connectivity index (χ3n) is 10.8. The minimum absolute atomic E-state index is 0.210. The maximum atomic E-state index is 11.7. The van der Waals surface area contributed by atoms with Gasteiger partial charge < -0.3 is 9.84 Å². The molecule has 1 heterocycles. The second-order valence-electron chi connectivity index (χ2n) is 13.0. The molecule has 0 unspecified atom stereocenters. The van der Waals surface area contributed by atoms with Gasteiger partial charge in [0.25, 0.3) is 0 Å². The van der Waals surface area contributed by atoms with Crippen LogP contribution in [0.3, 0.4) is 0 Å².